The highest BCUT2D eigenvalue weighted by Gasteiger charge is 2.20. The fourth-order valence-electron chi connectivity index (χ4n) is 1.68. The van der Waals surface area contributed by atoms with Crippen LogP contribution in [-0.2, 0) is 5.41 Å². The van der Waals surface area contributed by atoms with Crippen LogP contribution in [0.4, 0.5) is 5.82 Å². The highest BCUT2D eigenvalue weighted by Crippen LogP contribution is 2.24. The molecule has 1 aromatic heterocycles. The molecular weight excluding hydrogens is 234 g/mol. The summed E-state index contributed by atoms with van der Waals surface area (Å²) in [7, 11) is 0. The van der Waals surface area contributed by atoms with Gasteiger partial charge in [0.2, 0.25) is 0 Å². The first-order valence-corrected chi connectivity index (χ1v) is 6.45. The van der Waals surface area contributed by atoms with Crippen LogP contribution in [0.1, 0.15) is 47.4 Å². The van der Waals surface area contributed by atoms with Gasteiger partial charge in [0.25, 0.3) is 0 Å². The van der Waals surface area contributed by atoms with Crippen LogP contribution in [0.25, 0.3) is 0 Å². The second-order valence-corrected chi connectivity index (χ2v) is 5.89. The van der Waals surface area contributed by atoms with Gasteiger partial charge < -0.3 is 4.90 Å². The minimum Gasteiger partial charge on any atom is -0.354 e. The van der Waals surface area contributed by atoms with Gasteiger partial charge in [-0.3, -0.25) is 0 Å². The molecule has 17 heavy (non-hydrogen) atoms. The molecule has 1 aromatic rings. The lowest BCUT2D eigenvalue weighted by Gasteiger charge is -2.28. The number of nitrogens with zero attached hydrogens (tertiary/aromatic N) is 3. The molecule has 1 heterocycles. The molecule has 3 nitrogen and oxygen atoms in total. The van der Waals surface area contributed by atoms with E-state index in [2.05, 4.69) is 56.4 Å². The summed E-state index contributed by atoms with van der Waals surface area (Å²) < 4.78 is 0. The summed E-state index contributed by atoms with van der Waals surface area (Å²) >= 11 is 6.08. The Hall–Kier alpha value is -0.830. The number of rotatable bonds is 3. The maximum Gasteiger partial charge on any atom is 0.137 e. The van der Waals surface area contributed by atoms with Gasteiger partial charge in [-0.25, -0.2) is 9.97 Å². The molecule has 96 valence electrons. The summed E-state index contributed by atoms with van der Waals surface area (Å²) in [6, 6.07) is 2.24. The lowest BCUT2D eigenvalue weighted by molar-refractivity contribution is 0.542. The number of aromatic nitrogens is 2. The Morgan fingerprint density at radius 1 is 1.29 bits per heavy atom. The van der Waals surface area contributed by atoms with E-state index in [9.17, 15) is 0 Å². The molecule has 0 atom stereocenters. The zero-order valence-electron chi connectivity index (χ0n) is 11.6. The van der Waals surface area contributed by atoms with E-state index in [1.54, 1.807) is 0 Å². The van der Waals surface area contributed by atoms with Crippen LogP contribution in [0, 0.1) is 0 Å². The molecule has 0 radical (unpaired) electrons. The molecule has 1 rings (SSSR count). The third kappa shape index (κ3) is 3.56. The number of hydrogen-bond donors (Lipinski definition) is 0. The molecule has 0 amide bonds. The Morgan fingerprint density at radius 2 is 1.88 bits per heavy atom. The van der Waals surface area contributed by atoms with Crippen LogP contribution in [0.2, 0.25) is 5.15 Å². The zero-order valence-corrected chi connectivity index (χ0v) is 12.3. The first kappa shape index (κ1) is 14.2. The highest BCUT2D eigenvalue weighted by atomic mass is 35.5. The van der Waals surface area contributed by atoms with Gasteiger partial charge in [-0.1, -0.05) is 32.4 Å². The van der Waals surface area contributed by atoms with Crippen LogP contribution in [-0.4, -0.2) is 22.6 Å². The smallest absolute Gasteiger partial charge is 0.137 e. The summed E-state index contributed by atoms with van der Waals surface area (Å²) in [5.41, 5.74) is -0.0873. The van der Waals surface area contributed by atoms with Gasteiger partial charge in [0.05, 0.1) is 0 Å². The Labute approximate surface area is 109 Å². The third-order valence-corrected chi connectivity index (χ3v) is 2.80. The molecule has 0 aliphatic heterocycles. The average molecular weight is 256 g/mol. The Balaban J connectivity index is 3.21. The van der Waals surface area contributed by atoms with E-state index >= 15 is 0 Å². The molecule has 0 aliphatic carbocycles. The molecule has 0 aromatic carbocycles. The summed E-state index contributed by atoms with van der Waals surface area (Å²) in [4.78, 5) is 11.1. The highest BCUT2D eigenvalue weighted by molar-refractivity contribution is 6.29. The van der Waals surface area contributed by atoms with Crippen molar-refractivity contribution in [2.45, 2.75) is 53.0 Å². The van der Waals surface area contributed by atoms with Crippen molar-refractivity contribution in [1.29, 1.82) is 0 Å². The zero-order chi connectivity index (χ0) is 13.2. The lowest BCUT2D eigenvalue weighted by Crippen LogP contribution is -2.32. The van der Waals surface area contributed by atoms with Gasteiger partial charge in [0.1, 0.15) is 16.8 Å². The second kappa shape index (κ2) is 5.21. The molecule has 0 N–H and O–H groups in total. The normalized spacial score (nSPS) is 12.0. The Kier molecular flexibility index (Phi) is 4.36. The Bertz CT molecular complexity index is 383. The lowest BCUT2D eigenvalue weighted by atomic mass is 9.96. The minimum atomic E-state index is -0.0873. The van der Waals surface area contributed by atoms with Crippen LogP contribution in [0.5, 0.6) is 0 Å². The van der Waals surface area contributed by atoms with Crippen molar-refractivity contribution in [1.82, 2.24) is 9.97 Å². The second-order valence-electron chi connectivity index (χ2n) is 5.50. The van der Waals surface area contributed by atoms with E-state index in [4.69, 9.17) is 11.6 Å². The van der Waals surface area contributed by atoms with E-state index in [-0.39, 0.29) is 5.41 Å². The molecule has 0 spiro atoms. The standard InChI is InChI=1S/C13H22ClN3/c1-7-17(9(2)3)11-8-10(14)15-12(16-11)13(4,5)6/h8-9H,7H2,1-6H3. The van der Waals surface area contributed by atoms with E-state index in [1.165, 1.54) is 0 Å². The first-order chi connectivity index (χ1) is 7.75. The number of hydrogen-bond acceptors (Lipinski definition) is 3. The molecule has 4 heteroatoms. The first-order valence-electron chi connectivity index (χ1n) is 6.07. The molecule has 0 saturated heterocycles. The number of halogens is 1. The van der Waals surface area contributed by atoms with Gasteiger partial charge in [0, 0.05) is 24.1 Å². The summed E-state index contributed by atoms with van der Waals surface area (Å²) in [6.07, 6.45) is 0. The van der Waals surface area contributed by atoms with E-state index in [1.807, 2.05) is 6.07 Å². The van der Waals surface area contributed by atoms with Crippen molar-refractivity contribution in [3.05, 3.63) is 17.0 Å². The van der Waals surface area contributed by atoms with Gasteiger partial charge in [-0.15, -0.1) is 0 Å². The van der Waals surface area contributed by atoms with Crippen LogP contribution in [0.15, 0.2) is 6.07 Å². The molecule has 0 aliphatic rings. The summed E-state index contributed by atoms with van der Waals surface area (Å²) in [5, 5.41) is 0.513. The van der Waals surface area contributed by atoms with Crippen LogP contribution in [0.3, 0.4) is 0 Å². The van der Waals surface area contributed by atoms with E-state index in [0.29, 0.717) is 11.2 Å². The molecule has 0 saturated carbocycles. The predicted octanol–water partition coefficient (Wildman–Crippen LogP) is 3.66. The molecule has 0 fully saturated rings. The van der Waals surface area contributed by atoms with Crippen molar-refractivity contribution in [3.63, 3.8) is 0 Å². The minimum absolute atomic E-state index is 0.0873. The van der Waals surface area contributed by atoms with E-state index < -0.39 is 0 Å². The Morgan fingerprint density at radius 3 is 2.29 bits per heavy atom. The van der Waals surface area contributed by atoms with Crippen molar-refractivity contribution >= 4 is 17.4 Å². The quantitative estimate of drug-likeness (QED) is 0.772. The number of anilines is 1. The summed E-state index contributed by atoms with van der Waals surface area (Å²) in [5.74, 6) is 1.70. The maximum absolute atomic E-state index is 6.08. The monoisotopic (exact) mass is 255 g/mol. The maximum atomic E-state index is 6.08. The van der Waals surface area contributed by atoms with Crippen molar-refractivity contribution in [3.8, 4) is 0 Å². The van der Waals surface area contributed by atoms with Crippen LogP contribution >= 0.6 is 11.6 Å². The van der Waals surface area contributed by atoms with Gasteiger partial charge in [0.15, 0.2) is 0 Å². The van der Waals surface area contributed by atoms with Crippen molar-refractivity contribution in [2.24, 2.45) is 0 Å². The van der Waals surface area contributed by atoms with Crippen LogP contribution < -0.4 is 4.90 Å². The SMILES string of the molecule is CCN(c1cc(Cl)nc(C(C)(C)C)n1)C(C)C. The van der Waals surface area contributed by atoms with Crippen molar-refractivity contribution < 1.29 is 0 Å². The average Bonchev–Trinajstić information content (AvgIpc) is 2.15. The topological polar surface area (TPSA) is 29.0 Å². The third-order valence-electron chi connectivity index (χ3n) is 2.61. The van der Waals surface area contributed by atoms with Gasteiger partial charge >= 0.3 is 0 Å². The molecular formula is C13H22ClN3. The van der Waals surface area contributed by atoms with Gasteiger partial charge in [-0.2, -0.15) is 0 Å². The fourth-order valence-corrected chi connectivity index (χ4v) is 1.86. The largest absolute Gasteiger partial charge is 0.354 e. The molecule has 0 unspecified atom stereocenters. The fraction of sp³-hybridized carbons (Fsp3) is 0.692. The summed E-state index contributed by atoms with van der Waals surface area (Å²) in [6.45, 7) is 13.6. The van der Waals surface area contributed by atoms with E-state index in [0.717, 1.165) is 18.2 Å². The molecule has 0 bridgehead atoms. The van der Waals surface area contributed by atoms with Crippen molar-refractivity contribution in [2.75, 3.05) is 11.4 Å². The van der Waals surface area contributed by atoms with Gasteiger partial charge in [-0.05, 0) is 20.8 Å². The predicted molar refractivity (Wildman–Crippen MR) is 73.9 cm³/mol.